The van der Waals surface area contributed by atoms with Crippen molar-refractivity contribution in [2.45, 2.75) is 26.2 Å². The highest BCUT2D eigenvalue weighted by atomic mass is 13.9. The third-order valence-corrected chi connectivity index (χ3v) is 2.17. The molecule has 0 heterocycles. The number of unbranched alkanes of at least 4 members (excludes halogenated alkanes) is 2. The number of rotatable bonds is 5. The fourth-order valence-corrected chi connectivity index (χ4v) is 1.28. The molecule has 0 saturated heterocycles. The molecule has 0 amide bonds. The maximum Gasteiger partial charge on any atom is -0.0260 e. The van der Waals surface area contributed by atoms with Crippen molar-refractivity contribution in [3.63, 3.8) is 0 Å². The number of benzene rings is 1. The molecule has 0 aliphatic carbocycles. The molecule has 14 heavy (non-hydrogen) atoms. The second-order valence-electron chi connectivity index (χ2n) is 3.53. The van der Waals surface area contributed by atoms with Crippen molar-refractivity contribution < 1.29 is 0 Å². The fourth-order valence-electron chi connectivity index (χ4n) is 1.28. The first-order valence-corrected chi connectivity index (χ1v) is 5.17. The van der Waals surface area contributed by atoms with Crippen molar-refractivity contribution in [1.82, 2.24) is 0 Å². The summed E-state index contributed by atoms with van der Waals surface area (Å²) < 4.78 is 0. The van der Waals surface area contributed by atoms with E-state index in [0.29, 0.717) is 0 Å². The first kappa shape index (κ1) is 10.8. The Balaban J connectivity index is 2.36. The van der Waals surface area contributed by atoms with Gasteiger partial charge >= 0.3 is 0 Å². The molecule has 0 atom stereocenters. The third-order valence-electron chi connectivity index (χ3n) is 2.17. The van der Waals surface area contributed by atoms with Crippen molar-refractivity contribution >= 4 is 6.08 Å². The van der Waals surface area contributed by atoms with E-state index in [9.17, 15) is 0 Å². The van der Waals surface area contributed by atoms with Gasteiger partial charge in [-0.1, -0.05) is 48.1 Å². The van der Waals surface area contributed by atoms with Gasteiger partial charge in [-0.2, -0.15) is 0 Å². The van der Waals surface area contributed by atoms with E-state index in [-0.39, 0.29) is 0 Å². The summed E-state index contributed by atoms with van der Waals surface area (Å²) in [6, 6.07) is 8.59. The maximum absolute atomic E-state index is 3.70. The van der Waals surface area contributed by atoms with Gasteiger partial charge in [0.2, 0.25) is 0 Å². The second kappa shape index (κ2) is 6.20. The summed E-state index contributed by atoms with van der Waals surface area (Å²) in [4.78, 5) is 0. The van der Waals surface area contributed by atoms with Gasteiger partial charge in [-0.05, 0) is 31.7 Å². The molecule has 0 aliphatic rings. The number of aryl methyl sites for hydroxylation is 1. The van der Waals surface area contributed by atoms with Gasteiger partial charge in [-0.25, -0.2) is 0 Å². The monoisotopic (exact) mass is 186 g/mol. The van der Waals surface area contributed by atoms with Crippen LogP contribution in [0, 0.1) is 6.92 Å². The van der Waals surface area contributed by atoms with Crippen molar-refractivity contribution in [3.8, 4) is 0 Å². The van der Waals surface area contributed by atoms with Crippen LogP contribution in [-0.4, -0.2) is 0 Å². The number of hydrogen-bond donors (Lipinski definition) is 0. The first-order valence-electron chi connectivity index (χ1n) is 5.17. The molecule has 1 rings (SSSR count). The molecule has 0 nitrogen and oxygen atoms in total. The van der Waals surface area contributed by atoms with E-state index in [1.807, 2.05) is 6.08 Å². The highest BCUT2D eigenvalue weighted by Crippen LogP contribution is 2.06. The summed E-state index contributed by atoms with van der Waals surface area (Å²) in [5.74, 6) is 0. The lowest BCUT2D eigenvalue weighted by Crippen LogP contribution is -1.74. The van der Waals surface area contributed by atoms with Crippen LogP contribution in [0.5, 0.6) is 0 Å². The van der Waals surface area contributed by atoms with Gasteiger partial charge in [0, 0.05) is 0 Å². The van der Waals surface area contributed by atoms with Gasteiger partial charge in [0.1, 0.15) is 0 Å². The minimum Gasteiger partial charge on any atom is -0.103 e. The van der Waals surface area contributed by atoms with Gasteiger partial charge in [-0.15, -0.1) is 6.58 Å². The summed E-state index contributed by atoms with van der Waals surface area (Å²) in [5.41, 5.74) is 2.60. The van der Waals surface area contributed by atoms with Crippen molar-refractivity contribution in [2.24, 2.45) is 0 Å². The lowest BCUT2D eigenvalue weighted by Gasteiger charge is -1.94. The van der Waals surface area contributed by atoms with Gasteiger partial charge in [-0.3, -0.25) is 0 Å². The number of hydrogen-bond acceptors (Lipinski definition) is 0. The molecule has 0 heteroatoms. The zero-order chi connectivity index (χ0) is 10.2. The van der Waals surface area contributed by atoms with Crippen LogP contribution in [0.3, 0.4) is 0 Å². The van der Waals surface area contributed by atoms with Crippen LogP contribution in [-0.2, 0) is 0 Å². The van der Waals surface area contributed by atoms with Crippen LogP contribution in [0.4, 0.5) is 0 Å². The van der Waals surface area contributed by atoms with E-state index in [1.54, 1.807) is 0 Å². The summed E-state index contributed by atoms with van der Waals surface area (Å²) in [6.45, 7) is 5.81. The predicted octanol–water partition coefficient (Wildman–Crippen LogP) is 4.36. The molecular formula is C14H18. The van der Waals surface area contributed by atoms with E-state index >= 15 is 0 Å². The Morgan fingerprint density at radius 1 is 1.14 bits per heavy atom. The van der Waals surface area contributed by atoms with Crippen molar-refractivity contribution in [2.75, 3.05) is 0 Å². The van der Waals surface area contributed by atoms with E-state index in [2.05, 4.69) is 49.9 Å². The fraction of sp³-hybridized carbons (Fsp3) is 0.286. The van der Waals surface area contributed by atoms with Crippen LogP contribution in [0.25, 0.3) is 6.08 Å². The maximum atomic E-state index is 3.70. The van der Waals surface area contributed by atoms with Gasteiger partial charge in [0.05, 0.1) is 0 Å². The van der Waals surface area contributed by atoms with E-state index in [4.69, 9.17) is 0 Å². The molecule has 0 spiro atoms. The molecule has 1 aromatic rings. The average molecular weight is 186 g/mol. The average Bonchev–Trinajstić information content (AvgIpc) is 2.21. The topological polar surface area (TPSA) is 0 Å². The van der Waals surface area contributed by atoms with Gasteiger partial charge in [0.25, 0.3) is 0 Å². The molecule has 0 bridgehead atoms. The molecule has 0 radical (unpaired) electrons. The quantitative estimate of drug-likeness (QED) is 0.473. The summed E-state index contributed by atoms with van der Waals surface area (Å²) in [7, 11) is 0. The molecule has 74 valence electrons. The Bertz CT molecular complexity index is 290. The Labute approximate surface area is 87.0 Å². The zero-order valence-electron chi connectivity index (χ0n) is 8.87. The van der Waals surface area contributed by atoms with Crippen LogP contribution >= 0.6 is 0 Å². The largest absolute Gasteiger partial charge is 0.103 e. The molecule has 0 fully saturated rings. The number of allylic oxidation sites excluding steroid dienone is 2. The Kier molecular flexibility index (Phi) is 4.77. The van der Waals surface area contributed by atoms with Crippen molar-refractivity contribution in [3.05, 3.63) is 54.1 Å². The summed E-state index contributed by atoms with van der Waals surface area (Å²) in [6.07, 6.45) is 9.83. The van der Waals surface area contributed by atoms with Crippen LogP contribution in [0.15, 0.2) is 43.0 Å². The van der Waals surface area contributed by atoms with E-state index in [0.717, 1.165) is 12.8 Å². The Hall–Kier alpha value is -1.30. The molecule has 0 saturated carbocycles. The van der Waals surface area contributed by atoms with Crippen molar-refractivity contribution in [1.29, 1.82) is 0 Å². The normalized spacial score (nSPS) is 10.6. The van der Waals surface area contributed by atoms with E-state index < -0.39 is 0 Å². The minimum absolute atomic E-state index is 1.11. The highest BCUT2D eigenvalue weighted by molar-refractivity contribution is 5.49. The zero-order valence-corrected chi connectivity index (χ0v) is 8.87. The molecule has 0 N–H and O–H groups in total. The second-order valence-corrected chi connectivity index (χ2v) is 3.53. The summed E-state index contributed by atoms with van der Waals surface area (Å²) in [5, 5.41) is 0. The SMILES string of the molecule is C=CCCCC=Cc1ccc(C)cc1. The molecular weight excluding hydrogens is 168 g/mol. The smallest absolute Gasteiger partial charge is 0.0260 e. The molecule has 0 aromatic heterocycles. The Morgan fingerprint density at radius 2 is 1.86 bits per heavy atom. The molecule has 0 unspecified atom stereocenters. The lowest BCUT2D eigenvalue weighted by atomic mass is 10.1. The molecule has 0 aliphatic heterocycles. The van der Waals surface area contributed by atoms with Crippen LogP contribution < -0.4 is 0 Å². The minimum atomic E-state index is 1.11. The third kappa shape index (κ3) is 4.08. The van der Waals surface area contributed by atoms with Crippen LogP contribution in [0.1, 0.15) is 30.4 Å². The van der Waals surface area contributed by atoms with Gasteiger partial charge in [0.15, 0.2) is 0 Å². The van der Waals surface area contributed by atoms with Gasteiger partial charge < -0.3 is 0 Å². The van der Waals surface area contributed by atoms with E-state index in [1.165, 1.54) is 17.5 Å². The highest BCUT2D eigenvalue weighted by Gasteiger charge is 1.85. The first-order chi connectivity index (χ1) is 6.83. The standard InChI is InChI=1S/C14H18/c1-3-4-5-6-7-8-14-11-9-13(2)10-12-14/h3,7-12H,1,4-6H2,2H3. The predicted molar refractivity (Wildman–Crippen MR) is 64.3 cm³/mol. The van der Waals surface area contributed by atoms with Crippen LogP contribution in [0.2, 0.25) is 0 Å². The summed E-state index contributed by atoms with van der Waals surface area (Å²) >= 11 is 0. The Morgan fingerprint density at radius 3 is 2.50 bits per heavy atom. The molecule has 1 aromatic carbocycles. The lowest BCUT2D eigenvalue weighted by molar-refractivity contribution is 0.872.